The van der Waals surface area contributed by atoms with E-state index < -0.39 is 7.60 Å². The van der Waals surface area contributed by atoms with Crippen LogP contribution in [-0.4, -0.2) is 11.6 Å². The van der Waals surface area contributed by atoms with E-state index in [1.807, 2.05) is 18.2 Å². The van der Waals surface area contributed by atoms with Gasteiger partial charge in [-0.25, -0.2) is 4.98 Å². The molecule has 1 aromatic carbocycles. The number of nitrogens with two attached hydrogens (primary N) is 1. The molecule has 1 saturated heterocycles. The Labute approximate surface area is 178 Å². The molecule has 1 unspecified atom stereocenters. The van der Waals surface area contributed by atoms with Gasteiger partial charge in [0.25, 0.3) is 0 Å². The smallest absolute Gasteiger partial charge is 0.396 e. The summed E-state index contributed by atoms with van der Waals surface area (Å²) >= 11 is 7.53. The van der Waals surface area contributed by atoms with Crippen molar-refractivity contribution in [1.82, 2.24) is 4.98 Å². The molecule has 29 heavy (non-hydrogen) atoms. The molecule has 6 nitrogen and oxygen atoms in total. The summed E-state index contributed by atoms with van der Waals surface area (Å²) in [6.07, 6.45) is 1.04. The minimum absolute atomic E-state index is 0.168. The zero-order valence-electron chi connectivity index (χ0n) is 16.1. The number of thiazole rings is 1. The Morgan fingerprint density at radius 1 is 1.34 bits per heavy atom. The number of anilines is 1. The number of rotatable bonds is 5. The van der Waals surface area contributed by atoms with Crippen LogP contribution < -0.4 is 11.2 Å². The molecule has 0 amide bonds. The van der Waals surface area contributed by atoms with E-state index in [-0.39, 0.29) is 11.6 Å². The summed E-state index contributed by atoms with van der Waals surface area (Å²) in [5, 5.41) is 1.08. The predicted molar refractivity (Wildman–Crippen MR) is 116 cm³/mol. The monoisotopic (exact) mass is 452 g/mol. The number of halogens is 1. The van der Waals surface area contributed by atoms with Crippen molar-refractivity contribution < 1.29 is 18.0 Å². The van der Waals surface area contributed by atoms with Crippen molar-refractivity contribution in [2.45, 2.75) is 32.8 Å². The first-order valence-electron chi connectivity index (χ1n) is 9.38. The number of hydrogen-bond donors (Lipinski definition) is 1. The number of hydrogen-bond acceptors (Lipinski definition) is 7. The van der Waals surface area contributed by atoms with Crippen molar-refractivity contribution in [3.05, 3.63) is 51.9 Å². The van der Waals surface area contributed by atoms with E-state index in [4.69, 9.17) is 30.8 Å². The van der Waals surface area contributed by atoms with Gasteiger partial charge in [-0.3, -0.25) is 9.09 Å². The lowest BCUT2D eigenvalue weighted by molar-refractivity contribution is 0.0855. The molecule has 154 valence electrons. The normalized spacial score (nSPS) is 22.3. The van der Waals surface area contributed by atoms with E-state index in [1.165, 1.54) is 11.3 Å². The predicted octanol–water partition coefficient (Wildman–Crippen LogP) is 5.83. The van der Waals surface area contributed by atoms with E-state index >= 15 is 0 Å². The Bertz CT molecular complexity index is 1060. The summed E-state index contributed by atoms with van der Waals surface area (Å²) in [5.41, 5.74) is 7.62. The largest absolute Gasteiger partial charge is 0.446 e. The Morgan fingerprint density at radius 2 is 2.17 bits per heavy atom. The Kier molecular flexibility index (Phi) is 5.87. The first-order chi connectivity index (χ1) is 13.8. The fourth-order valence-corrected chi connectivity index (χ4v) is 6.17. The van der Waals surface area contributed by atoms with Crippen LogP contribution in [0.25, 0.3) is 11.5 Å². The average Bonchev–Trinajstić information content (AvgIpc) is 3.28. The van der Waals surface area contributed by atoms with Gasteiger partial charge < -0.3 is 14.7 Å². The molecule has 3 heterocycles. The molecule has 2 atom stereocenters. The maximum absolute atomic E-state index is 13.4. The van der Waals surface area contributed by atoms with E-state index in [9.17, 15) is 4.57 Å². The van der Waals surface area contributed by atoms with Crippen molar-refractivity contribution >= 4 is 41.2 Å². The average molecular weight is 453 g/mol. The fourth-order valence-electron chi connectivity index (χ4n) is 3.25. The van der Waals surface area contributed by atoms with E-state index in [0.717, 1.165) is 16.9 Å². The van der Waals surface area contributed by atoms with Gasteiger partial charge in [0.2, 0.25) is 5.50 Å². The molecular weight excluding hydrogens is 431 g/mol. The van der Waals surface area contributed by atoms with Gasteiger partial charge in [0.1, 0.15) is 5.69 Å². The van der Waals surface area contributed by atoms with Gasteiger partial charge in [0.05, 0.1) is 12.7 Å². The van der Waals surface area contributed by atoms with Crippen LogP contribution in [0.4, 0.5) is 5.13 Å². The van der Waals surface area contributed by atoms with Crippen LogP contribution in [0, 0.1) is 5.92 Å². The lowest BCUT2D eigenvalue weighted by atomic mass is 10.1. The minimum atomic E-state index is -3.60. The van der Waals surface area contributed by atoms with Crippen LogP contribution >= 0.6 is 30.5 Å². The van der Waals surface area contributed by atoms with Gasteiger partial charge in [-0.15, -0.1) is 11.3 Å². The van der Waals surface area contributed by atoms with E-state index in [0.29, 0.717) is 40.6 Å². The van der Waals surface area contributed by atoms with Crippen LogP contribution in [0.15, 0.2) is 40.8 Å². The van der Waals surface area contributed by atoms with Crippen molar-refractivity contribution in [2.24, 2.45) is 5.92 Å². The van der Waals surface area contributed by atoms with Gasteiger partial charge in [0, 0.05) is 16.3 Å². The second-order valence-electron chi connectivity index (χ2n) is 7.33. The Hall–Kier alpha value is -1.63. The highest BCUT2D eigenvalue weighted by molar-refractivity contribution is 7.61. The van der Waals surface area contributed by atoms with Crippen LogP contribution in [-0.2, 0) is 20.0 Å². The summed E-state index contributed by atoms with van der Waals surface area (Å²) in [5.74, 6) is 0.959. The van der Waals surface area contributed by atoms with E-state index in [1.54, 1.807) is 18.2 Å². The zero-order chi connectivity index (χ0) is 20.6. The van der Waals surface area contributed by atoms with Crippen molar-refractivity contribution in [2.75, 3.05) is 12.3 Å². The standard InChI is InChI=1S/C20H22ClN2O4PS/c1-12(2)10-17-19(23-20(22)29-17)16-6-7-18(26-16)28(24)25-9-8-15(27-28)13-4-3-5-14(21)11-13/h3-7,11-12,15H,8-10H2,1-2H3,(H2,22,23)/t15-,28?/m1/s1. The molecule has 1 fully saturated rings. The van der Waals surface area contributed by atoms with Crippen molar-refractivity contribution in [1.29, 1.82) is 0 Å². The van der Waals surface area contributed by atoms with Gasteiger partial charge in [-0.1, -0.05) is 37.6 Å². The lowest BCUT2D eigenvalue weighted by Crippen LogP contribution is -2.19. The van der Waals surface area contributed by atoms with Gasteiger partial charge in [-0.05, 0) is 42.2 Å². The first kappa shape index (κ1) is 20.6. The topological polar surface area (TPSA) is 87.6 Å². The molecule has 1 aliphatic rings. The lowest BCUT2D eigenvalue weighted by Gasteiger charge is -2.28. The highest BCUT2D eigenvalue weighted by Crippen LogP contribution is 2.55. The summed E-state index contributed by atoms with van der Waals surface area (Å²) in [4.78, 5) is 5.44. The second kappa shape index (κ2) is 8.25. The van der Waals surface area contributed by atoms with E-state index in [2.05, 4.69) is 18.8 Å². The maximum Gasteiger partial charge on any atom is 0.396 e. The van der Waals surface area contributed by atoms with Crippen LogP contribution in [0.2, 0.25) is 5.02 Å². The van der Waals surface area contributed by atoms with Gasteiger partial charge >= 0.3 is 7.60 Å². The quantitative estimate of drug-likeness (QED) is 0.490. The highest BCUT2D eigenvalue weighted by Gasteiger charge is 2.39. The van der Waals surface area contributed by atoms with Crippen LogP contribution in [0.5, 0.6) is 0 Å². The Morgan fingerprint density at radius 3 is 2.93 bits per heavy atom. The molecular formula is C20H22ClN2O4PS. The number of benzene rings is 1. The maximum atomic E-state index is 13.4. The zero-order valence-corrected chi connectivity index (χ0v) is 18.6. The molecule has 0 saturated carbocycles. The summed E-state index contributed by atoms with van der Waals surface area (Å²) in [7, 11) is -3.60. The summed E-state index contributed by atoms with van der Waals surface area (Å²) in [6, 6.07) is 10.7. The molecule has 9 heteroatoms. The Balaban J connectivity index is 1.61. The molecule has 0 spiro atoms. The number of nitrogens with zero attached hydrogens (tertiary/aromatic N) is 1. The third-order valence-corrected chi connectivity index (χ3v) is 7.51. The second-order valence-corrected chi connectivity index (χ2v) is 10.8. The third kappa shape index (κ3) is 4.44. The number of furan rings is 1. The third-order valence-electron chi connectivity index (χ3n) is 4.53. The molecule has 3 aromatic rings. The number of nitrogen functional groups attached to an aromatic ring is 1. The van der Waals surface area contributed by atoms with Crippen LogP contribution in [0.1, 0.15) is 36.8 Å². The van der Waals surface area contributed by atoms with Gasteiger partial charge in [-0.2, -0.15) is 0 Å². The fraction of sp³-hybridized carbons (Fsp3) is 0.350. The molecule has 2 aromatic heterocycles. The molecule has 2 N–H and O–H groups in total. The molecule has 4 rings (SSSR count). The minimum Gasteiger partial charge on any atom is -0.446 e. The van der Waals surface area contributed by atoms with Crippen molar-refractivity contribution in [3.63, 3.8) is 0 Å². The summed E-state index contributed by atoms with van der Waals surface area (Å²) in [6.45, 7) is 4.56. The summed E-state index contributed by atoms with van der Waals surface area (Å²) < 4.78 is 30.7. The molecule has 0 radical (unpaired) electrons. The van der Waals surface area contributed by atoms with Crippen LogP contribution in [0.3, 0.4) is 0 Å². The van der Waals surface area contributed by atoms with Gasteiger partial charge in [0.15, 0.2) is 10.9 Å². The molecule has 0 bridgehead atoms. The SMILES string of the molecule is CC(C)Cc1sc(N)nc1-c1ccc(P2(=O)OCC[C@H](c3cccc(Cl)c3)O2)o1. The highest BCUT2D eigenvalue weighted by atomic mass is 35.5. The van der Waals surface area contributed by atoms with Crippen molar-refractivity contribution in [3.8, 4) is 11.5 Å². The number of aromatic nitrogens is 1. The molecule has 1 aliphatic heterocycles. The molecule has 0 aliphatic carbocycles. The first-order valence-corrected chi connectivity index (χ1v) is 12.1.